The Morgan fingerprint density at radius 1 is 1.45 bits per heavy atom. The van der Waals surface area contributed by atoms with Gasteiger partial charge in [-0.15, -0.1) is 0 Å². The Bertz CT molecular complexity index is 454. The molecule has 2 aliphatic rings. The molecular formula is C14H22N4O2. The summed E-state index contributed by atoms with van der Waals surface area (Å²) in [4.78, 5) is 13.7. The molecule has 1 saturated heterocycles. The van der Waals surface area contributed by atoms with E-state index in [1.165, 1.54) is 5.69 Å². The predicted octanol–water partition coefficient (Wildman–Crippen LogP) is 0.556. The highest BCUT2D eigenvalue weighted by molar-refractivity contribution is 5.77. The second-order valence-electron chi connectivity index (χ2n) is 5.48. The van der Waals surface area contributed by atoms with E-state index >= 15 is 0 Å². The second-order valence-corrected chi connectivity index (χ2v) is 5.48. The fourth-order valence-corrected chi connectivity index (χ4v) is 2.92. The van der Waals surface area contributed by atoms with Gasteiger partial charge in [-0.3, -0.25) is 9.48 Å². The standard InChI is InChI=1S/C14H22N4O2/c19-14(17-6-1-2-7-17)11-20-8-4-13-10-15-9-12-3-5-16-18(12)13/h3,5,13,15H,1-2,4,6-11H2/t13-/m1/s1. The maximum atomic E-state index is 11.8. The van der Waals surface area contributed by atoms with Crippen LogP contribution in [-0.4, -0.2) is 53.4 Å². The van der Waals surface area contributed by atoms with Crippen molar-refractivity contribution in [1.82, 2.24) is 20.0 Å². The van der Waals surface area contributed by atoms with Gasteiger partial charge in [0.05, 0.1) is 11.7 Å². The summed E-state index contributed by atoms with van der Waals surface area (Å²) >= 11 is 0. The molecule has 6 heteroatoms. The molecule has 1 aromatic rings. The van der Waals surface area contributed by atoms with E-state index in [0.717, 1.165) is 45.4 Å². The molecule has 0 aliphatic carbocycles. The van der Waals surface area contributed by atoms with E-state index in [0.29, 0.717) is 12.6 Å². The van der Waals surface area contributed by atoms with Gasteiger partial charge in [0.25, 0.3) is 0 Å². The molecule has 0 saturated carbocycles. The van der Waals surface area contributed by atoms with E-state index in [-0.39, 0.29) is 12.5 Å². The topological polar surface area (TPSA) is 59.4 Å². The minimum Gasteiger partial charge on any atom is -0.372 e. The van der Waals surface area contributed by atoms with Crippen LogP contribution in [0.15, 0.2) is 12.3 Å². The van der Waals surface area contributed by atoms with Crippen molar-refractivity contribution in [1.29, 1.82) is 0 Å². The predicted molar refractivity (Wildman–Crippen MR) is 74.2 cm³/mol. The Kier molecular flexibility index (Phi) is 4.32. The zero-order valence-corrected chi connectivity index (χ0v) is 11.8. The van der Waals surface area contributed by atoms with Gasteiger partial charge in [0.1, 0.15) is 6.61 Å². The lowest BCUT2D eigenvalue weighted by atomic mass is 10.1. The summed E-state index contributed by atoms with van der Waals surface area (Å²) in [6.07, 6.45) is 4.98. The number of nitrogens with one attached hydrogen (secondary N) is 1. The number of nitrogens with zero attached hydrogens (tertiary/aromatic N) is 3. The minimum atomic E-state index is 0.129. The molecule has 2 aliphatic heterocycles. The number of carbonyl (C=O) groups excluding carboxylic acids is 1. The summed E-state index contributed by atoms with van der Waals surface area (Å²) in [6, 6.07) is 2.37. The molecule has 110 valence electrons. The third-order valence-electron chi connectivity index (χ3n) is 4.06. The maximum Gasteiger partial charge on any atom is 0.248 e. The normalized spacial score (nSPS) is 22.0. The van der Waals surface area contributed by atoms with Crippen LogP contribution in [0.25, 0.3) is 0 Å². The first-order valence-electron chi connectivity index (χ1n) is 7.43. The summed E-state index contributed by atoms with van der Waals surface area (Å²) in [5.74, 6) is 0.129. The molecular weight excluding hydrogens is 256 g/mol. The summed E-state index contributed by atoms with van der Waals surface area (Å²) in [6.45, 7) is 4.40. The second kappa shape index (κ2) is 6.37. The van der Waals surface area contributed by atoms with Crippen LogP contribution in [0.4, 0.5) is 0 Å². The van der Waals surface area contributed by atoms with Crippen molar-refractivity contribution < 1.29 is 9.53 Å². The number of likely N-dealkylation sites (tertiary alicyclic amines) is 1. The molecule has 0 aromatic carbocycles. The molecule has 0 spiro atoms. The van der Waals surface area contributed by atoms with Gasteiger partial charge in [-0.25, -0.2) is 0 Å². The van der Waals surface area contributed by atoms with Crippen LogP contribution < -0.4 is 5.32 Å². The molecule has 1 N–H and O–H groups in total. The lowest BCUT2D eigenvalue weighted by Crippen LogP contribution is -2.34. The van der Waals surface area contributed by atoms with Gasteiger partial charge in [-0.05, 0) is 25.3 Å². The van der Waals surface area contributed by atoms with Crippen molar-refractivity contribution >= 4 is 5.91 Å². The van der Waals surface area contributed by atoms with E-state index in [4.69, 9.17) is 4.74 Å². The van der Waals surface area contributed by atoms with Crippen molar-refractivity contribution in [3.05, 3.63) is 18.0 Å². The van der Waals surface area contributed by atoms with Crippen LogP contribution in [0.1, 0.15) is 31.0 Å². The largest absolute Gasteiger partial charge is 0.372 e. The number of hydrogen-bond acceptors (Lipinski definition) is 4. The molecule has 0 unspecified atom stereocenters. The quantitative estimate of drug-likeness (QED) is 0.799. The Morgan fingerprint density at radius 2 is 2.30 bits per heavy atom. The zero-order valence-electron chi connectivity index (χ0n) is 11.8. The Morgan fingerprint density at radius 3 is 3.15 bits per heavy atom. The SMILES string of the molecule is O=C(COCC[C@@H]1CNCc2ccnn21)N1CCCC1. The fourth-order valence-electron chi connectivity index (χ4n) is 2.92. The monoisotopic (exact) mass is 278 g/mol. The lowest BCUT2D eigenvalue weighted by Gasteiger charge is -2.25. The summed E-state index contributed by atoms with van der Waals surface area (Å²) in [5, 5.41) is 7.74. The molecule has 3 heterocycles. The van der Waals surface area contributed by atoms with Crippen LogP contribution in [0.5, 0.6) is 0 Å². The Hall–Kier alpha value is -1.40. The first-order valence-corrected chi connectivity index (χ1v) is 7.43. The first-order chi connectivity index (χ1) is 9.84. The Balaban J connectivity index is 1.39. The van der Waals surface area contributed by atoms with E-state index in [1.54, 1.807) is 0 Å². The molecule has 0 bridgehead atoms. The highest BCUT2D eigenvalue weighted by atomic mass is 16.5. The number of amides is 1. The number of ether oxygens (including phenoxy) is 1. The zero-order chi connectivity index (χ0) is 13.8. The molecule has 1 fully saturated rings. The Labute approximate surface area is 119 Å². The highest BCUT2D eigenvalue weighted by Gasteiger charge is 2.20. The molecule has 1 atom stereocenters. The smallest absolute Gasteiger partial charge is 0.248 e. The minimum absolute atomic E-state index is 0.129. The lowest BCUT2D eigenvalue weighted by molar-refractivity contribution is -0.135. The van der Waals surface area contributed by atoms with Crippen LogP contribution in [0.3, 0.4) is 0 Å². The van der Waals surface area contributed by atoms with Crippen LogP contribution in [0, 0.1) is 0 Å². The number of hydrogen-bond donors (Lipinski definition) is 1. The number of aromatic nitrogens is 2. The van der Waals surface area contributed by atoms with Crippen LogP contribution >= 0.6 is 0 Å². The summed E-state index contributed by atoms with van der Waals surface area (Å²) in [7, 11) is 0. The van der Waals surface area contributed by atoms with Gasteiger partial charge < -0.3 is 15.0 Å². The molecule has 0 radical (unpaired) electrons. The fraction of sp³-hybridized carbons (Fsp3) is 0.714. The molecule has 1 amide bonds. The number of rotatable bonds is 5. The van der Waals surface area contributed by atoms with Crippen molar-refractivity contribution in [3.8, 4) is 0 Å². The average molecular weight is 278 g/mol. The van der Waals surface area contributed by atoms with Gasteiger partial charge in [-0.1, -0.05) is 0 Å². The van der Waals surface area contributed by atoms with Gasteiger partial charge in [0.15, 0.2) is 0 Å². The van der Waals surface area contributed by atoms with E-state index in [9.17, 15) is 4.79 Å². The van der Waals surface area contributed by atoms with E-state index in [1.807, 2.05) is 17.2 Å². The summed E-state index contributed by atoms with van der Waals surface area (Å²) < 4.78 is 7.61. The van der Waals surface area contributed by atoms with Gasteiger partial charge in [-0.2, -0.15) is 5.10 Å². The van der Waals surface area contributed by atoms with Crippen LogP contribution in [0.2, 0.25) is 0 Å². The molecule has 20 heavy (non-hydrogen) atoms. The molecule has 3 rings (SSSR count). The van der Waals surface area contributed by atoms with Gasteiger partial charge >= 0.3 is 0 Å². The molecule has 1 aromatic heterocycles. The summed E-state index contributed by atoms with van der Waals surface area (Å²) in [5.41, 5.74) is 1.22. The third kappa shape index (κ3) is 3.02. The average Bonchev–Trinajstić information content (AvgIpc) is 3.13. The molecule has 6 nitrogen and oxygen atoms in total. The van der Waals surface area contributed by atoms with Crippen molar-refractivity contribution in [2.24, 2.45) is 0 Å². The number of carbonyl (C=O) groups is 1. The van der Waals surface area contributed by atoms with Crippen LogP contribution in [-0.2, 0) is 16.1 Å². The number of fused-ring (bicyclic) bond motifs is 1. The van der Waals surface area contributed by atoms with Gasteiger partial charge in [0, 0.05) is 39.0 Å². The van der Waals surface area contributed by atoms with Crippen molar-refractivity contribution in [2.45, 2.75) is 31.8 Å². The highest BCUT2D eigenvalue weighted by Crippen LogP contribution is 2.17. The maximum absolute atomic E-state index is 11.8. The third-order valence-corrected chi connectivity index (χ3v) is 4.06. The van der Waals surface area contributed by atoms with E-state index < -0.39 is 0 Å². The first kappa shape index (κ1) is 13.6. The van der Waals surface area contributed by atoms with Crippen molar-refractivity contribution in [3.63, 3.8) is 0 Å². The van der Waals surface area contributed by atoms with Gasteiger partial charge in [0.2, 0.25) is 5.91 Å². The van der Waals surface area contributed by atoms with E-state index in [2.05, 4.69) is 15.1 Å². The van der Waals surface area contributed by atoms with Crippen molar-refractivity contribution in [2.75, 3.05) is 32.8 Å².